The molecule has 0 radical (unpaired) electrons. The van der Waals surface area contributed by atoms with Crippen LogP contribution in [0.2, 0.25) is 0 Å². The molecule has 0 bridgehead atoms. The van der Waals surface area contributed by atoms with Crippen LogP contribution in [0, 0.1) is 86.3 Å². The van der Waals surface area contributed by atoms with Crippen molar-refractivity contribution in [3.05, 3.63) is 58.2 Å². The third-order valence-corrected chi connectivity index (χ3v) is 22.2. The van der Waals surface area contributed by atoms with E-state index in [1.165, 1.54) is 120 Å². The average molecular weight is 837 g/mol. The van der Waals surface area contributed by atoms with Crippen LogP contribution >= 0.6 is 0 Å². The highest BCUT2D eigenvalue weighted by Crippen LogP contribution is 2.72. The molecule has 0 spiro atoms. The van der Waals surface area contributed by atoms with Crippen molar-refractivity contribution in [1.29, 1.82) is 0 Å². The quantitative estimate of drug-likeness (QED) is 0.215. The standard InChI is InChI=1S/C30H50O.C29H46O/c1-19(2)20(3)9-10-21(4)23-13-17-30(8)26-12-11-24-22(5)27(31)15-16-28(24,6)25(26)14-18-29(23,30)7;1-18(2)19(3)8-9-20(4)23-12-13-25-22-10-11-24-21(5)27(30)15-17-29(24,7)26(22)14-16-28(23,25)6/h19,21-24,27,31H,3,9-18H2,1-2,4-8H3;13,18,20-21,23-24,27,30H,3,8-12,14-17H2,1-2,4-7H3. The Bertz CT molecular complexity index is 1750. The summed E-state index contributed by atoms with van der Waals surface area (Å²) < 4.78 is 0. The number of hydrogen-bond acceptors (Lipinski definition) is 2. The monoisotopic (exact) mass is 837 g/mol. The average Bonchev–Trinajstić information content (AvgIpc) is 3.72. The van der Waals surface area contributed by atoms with Gasteiger partial charge in [0, 0.05) is 0 Å². The number of aliphatic hydroxyl groups is 2. The summed E-state index contributed by atoms with van der Waals surface area (Å²) in [5.41, 5.74) is 13.8. The highest BCUT2D eigenvalue weighted by atomic mass is 16.3. The lowest BCUT2D eigenvalue weighted by Gasteiger charge is -2.60. The topological polar surface area (TPSA) is 40.5 Å². The minimum absolute atomic E-state index is 0.0815. The first-order valence-corrected chi connectivity index (χ1v) is 26.4. The zero-order valence-electron chi connectivity index (χ0n) is 42.2. The third-order valence-electron chi connectivity index (χ3n) is 22.2. The molecule has 8 aliphatic carbocycles. The van der Waals surface area contributed by atoms with Crippen LogP contribution in [0.5, 0.6) is 0 Å². The normalized spacial score (nSPS) is 43.9. The molecule has 0 aromatic heterocycles. The molecule has 61 heavy (non-hydrogen) atoms. The highest BCUT2D eigenvalue weighted by Gasteiger charge is 2.62. The SMILES string of the molecule is C=C(CCC(C)C1CC=C2C3=C(CCC21C)C1(C)CCC(O)C(C)C1CC3)C(C)C.C=C(CCC(C)C1CCC2(C)C3=C(CCC12C)C1(C)CCC(O)C(C)C1CC3)C(C)C. The lowest BCUT2D eigenvalue weighted by atomic mass is 9.45. The van der Waals surface area contributed by atoms with E-state index < -0.39 is 0 Å². The molecule has 15 atom stereocenters. The largest absolute Gasteiger partial charge is 0.393 e. The Kier molecular flexibility index (Phi) is 13.6. The van der Waals surface area contributed by atoms with Gasteiger partial charge in [0.15, 0.2) is 0 Å². The first-order valence-electron chi connectivity index (χ1n) is 26.4. The Morgan fingerprint density at radius 3 is 1.66 bits per heavy atom. The van der Waals surface area contributed by atoms with Gasteiger partial charge in [-0.25, -0.2) is 0 Å². The fraction of sp³-hybridized carbons (Fsp3) is 0.831. The van der Waals surface area contributed by atoms with Crippen molar-refractivity contribution in [1.82, 2.24) is 0 Å². The molecule has 0 aliphatic heterocycles. The van der Waals surface area contributed by atoms with Crippen LogP contribution in [0.1, 0.15) is 212 Å². The molecule has 344 valence electrons. The van der Waals surface area contributed by atoms with Crippen molar-refractivity contribution >= 4 is 0 Å². The van der Waals surface area contributed by atoms with E-state index in [1.54, 1.807) is 16.7 Å². The van der Waals surface area contributed by atoms with Crippen LogP contribution in [0.25, 0.3) is 0 Å². The van der Waals surface area contributed by atoms with Crippen molar-refractivity contribution in [2.75, 3.05) is 0 Å². The summed E-state index contributed by atoms with van der Waals surface area (Å²) in [5.74, 6) is 6.68. The molecule has 8 aliphatic rings. The summed E-state index contributed by atoms with van der Waals surface area (Å²) >= 11 is 0. The van der Waals surface area contributed by atoms with Crippen molar-refractivity contribution in [2.45, 2.75) is 224 Å². The van der Waals surface area contributed by atoms with Crippen molar-refractivity contribution < 1.29 is 10.2 Å². The minimum Gasteiger partial charge on any atom is -0.393 e. The van der Waals surface area contributed by atoms with Crippen LogP contribution in [0.3, 0.4) is 0 Å². The third kappa shape index (κ3) is 7.86. The van der Waals surface area contributed by atoms with Crippen molar-refractivity contribution in [3.8, 4) is 0 Å². The van der Waals surface area contributed by atoms with E-state index in [0.717, 1.165) is 36.5 Å². The van der Waals surface area contributed by atoms with Gasteiger partial charge in [0.05, 0.1) is 12.2 Å². The molecule has 0 aromatic rings. The first-order chi connectivity index (χ1) is 28.5. The van der Waals surface area contributed by atoms with E-state index in [4.69, 9.17) is 0 Å². The Morgan fingerprint density at radius 1 is 0.590 bits per heavy atom. The number of rotatable bonds is 10. The van der Waals surface area contributed by atoms with Gasteiger partial charge in [-0.2, -0.15) is 0 Å². The molecule has 3 saturated carbocycles. The van der Waals surface area contributed by atoms with E-state index in [2.05, 4.69) is 109 Å². The Morgan fingerprint density at radius 2 is 1.10 bits per heavy atom. The van der Waals surface area contributed by atoms with Gasteiger partial charge in [-0.3, -0.25) is 0 Å². The van der Waals surface area contributed by atoms with Gasteiger partial charge in [-0.05, 0) is 219 Å². The zero-order valence-corrected chi connectivity index (χ0v) is 42.2. The van der Waals surface area contributed by atoms with Crippen molar-refractivity contribution in [3.63, 3.8) is 0 Å². The Hall–Kier alpha value is -1.38. The number of fused-ring (bicyclic) bond motifs is 8. The number of allylic oxidation sites excluding steroid dienone is 8. The van der Waals surface area contributed by atoms with E-state index in [0.29, 0.717) is 62.6 Å². The molecular formula is C59H96O2. The lowest BCUT2D eigenvalue weighted by Crippen LogP contribution is -2.51. The van der Waals surface area contributed by atoms with Gasteiger partial charge in [-0.1, -0.05) is 137 Å². The maximum absolute atomic E-state index is 10.6. The summed E-state index contributed by atoms with van der Waals surface area (Å²) in [6, 6.07) is 0. The molecule has 0 saturated heterocycles. The van der Waals surface area contributed by atoms with Gasteiger partial charge < -0.3 is 10.2 Å². The molecule has 0 aromatic carbocycles. The number of aliphatic hydroxyl groups excluding tert-OH is 2. The van der Waals surface area contributed by atoms with E-state index in [-0.39, 0.29) is 12.2 Å². The van der Waals surface area contributed by atoms with Crippen LogP contribution < -0.4 is 0 Å². The van der Waals surface area contributed by atoms with Gasteiger partial charge in [-0.15, -0.1) is 0 Å². The minimum atomic E-state index is -0.0874. The van der Waals surface area contributed by atoms with Crippen LogP contribution in [0.15, 0.2) is 58.2 Å². The van der Waals surface area contributed by atoms with Gasteiger partial charge in [0.2, 0.25) is 0 Å². The molecular weight excluding hydrogens is 741 g/mol. The fourth-order valence-corrected chi connectivity index (χ4v) is 17.3. The second-order valence-electron chi connectivity index (χ2n) is 25.4. The van der Waals surface area contributed by atoms with Gasteiger partial charge in [0.25, 0.3) is 0 Å². The molecule has 2 nitrogen and oxygen atoms in total. The van der Waals surface area contributed by atoms with E-state index in [1.807, 2.05) is 11.1 Å². The maximum atomic E-state index is 10.6. The molecule has 8 rings (SSSR count). The summed E-state index contributed by atoms with van der Waals surface area (Å²) in [4.78, 5) is 0. The molecule has 2 N–H and O–H groups in total. The fourth-order valence-electron chi connectivity index (χ4n) is 17.3. The smallest absolute Gasteiger partial charge is 0.0569 e. The summed E-state index contributed by atoms with van der Waals surface area (Å²) in [6.45, 7) is 40.5. The van der Waals surface area contributed by atoms with Crippen molar-refractivity contribution in [2.24, 2.45) is 86.3 Å². The zero-order chi connectivity index (χ0) is 44.6. The van der Waals surface area contributed by atoms with E-state index >= 15 is 0 Å². The molecule has 2 heteroatoms. The van der Waals surface area contributed by atoms with Gasteiger partial charge >= 0.3 is 0 Å². The molecule has 0 heterocycles. The second-order valence-corrected chi connectivity index (χ2v) is 25.4. The Balaban J connectivity index is 0.000000184. The predicted octanol–water partition coefficient (Wildman–Crippen LogP) is 16.2. The first kappa shape index (κ1) is 47.6. The van der Waals surface area contributed by atoms with Crippen LogP contribution in [0.4, 0.5) is 0 Å². The second kappa shape index (κ2) is 17.4. The van der Waals surface area contributed by atoms with E-state index in [9.17, 15) is 10.2 Å². The maximum Gasteiger partial charge on any atom is 0.0569 e. The Labute approximate surface area is 377 Å². The van der Waals surface area contributed by atoms with Gasteiger partial charge in [0.1, 0.15) is 0 Å². The molecule has 15 unspecified atom stereocenters. The highest BCUT2D eigenvalue weighted by molar-refractivity contribution is 5.49. The lowest BCUT2D eigenvalue weighted by molar-refractivity contribution is -0.0413. The van der Waals surface area contributed by atoms with Crippen LogP contribution in [-0.4, -0.2) is 22.4 Å². The molecule has 3 fully saturated rings. The predicted molar refractivity (Wildman–Crippen MR) is 261 cm³/mol. The number of hydrogen-bond donors (Lipinski definition) is 2. The summed E-state index contributed by atoms with van der Waals surface area (Å²) in [5, 5.41) is 21.1. The van der Waals surface area contributed by atoms with Crippen LogP contribution in [-0.2, 0) is 0 Å². The summed E-state index contributed by atoms with van der Waals surface area (Å²) in [7, 11) is 0. The summed E-state index contributed by atoms with van der Waals surface area (Å²) in [6.07, 6.45) is 26.4. The molecule has 0 amide bonds.